The van der Waals surface area contributed by atoms with Crippen LogP contribution in [0.3, 0.4) is 0 Å². The zero-order valence-corrected chi connectivity index (χ0v) is 8.02. The van der Waals surface area contributed by atoms with E-state index in [1.807, 2.05) is 27.7 Å². The summed E-state index contributed by atoms with van der Waals surface area (Å²) < 4.78 is 0. The molecule has 0 saturated heterocycles. The summed E-state index contributed by atoms with van der Waals surface area (Å²) in [6, 6.07) is 0. The summed E-state index contributed by atoms with van der Waals surface area (Å²) in [5.41, 5.74) is 10.4. The largest absolute Gasteiger partial charge is 0.507 e. The van der Waals surface area contributed by atoms with E-state index in [2.05, 4.69) is 0 Å². The number of anilines is 1. The molecule has 0 aromatic heterocycles. The first-order valence-electron chi connectivity index (χ1n) is 4.01. The fourth-order valence-electron chi connectivity index (χ4n) is 1.35. The Kier molecular flexibility index (Phi) is 2.01. The maximum Gasteiger partial charge on any atom is 0.123 e. The van der Waals surface area contributed by atoms with Gasteiger partial charge < -0.3 is 10.8 Å². The molecule has 0 unspecified atom stereocenters. The van der Waals surface area contributed by atoms with Gasteiger partial charge in [0.05, 0.1) is 0 Å². The third kappa shape index (κ3) is 1.04. The van der Waals surface area contributed by atoms with Crippen molar-refractivity contribution in [3.63, 3.8) is 0 Å². The van der Waals surface area contributed by atoms with Gasteiger partial charge in [0.15, 0.2) is 0 Å². The van der Waals surface area contributed by atoms with Crippen molar-refractivity contribution in [1.82, 2.24) is 0 Å². The molecule has 12 heavy (non-hydrogen) atoms. The highest BCUT2D eigenvalue weighted by atomic mass is 16.3. The average molecular weight is 165 g/mol. The summed E-state index contributed by atoms with van der Waals surface area (Å²) in [4.78, 5) is 0. The van der Waals surface area contributed by atoms with E-state index in [0.717, 1.165) is 22.3 Å². The van der Waals surface area contributed by atoms with Crippen molar-refractivity contribution in [2.45, 2.75) is 27.7 Å². The lowest BCUT2D eigenvalue weighted by molar-refractivity contribution is 0.466. The topological polar surface area (TPSA) is 46.2 Å². The molecule has 0 fully saturated rings. The van der Waals surface area contributed by atoms with Crippen molar-refractivity contribution < 1.29 is 5.11 Å². The lowest BCUT2D eigenvalue weighted by atomic mass is 9.97. The van der Waals surface area contributed by atoms with Crippen molar-refractivity contribution in [2.75, 3.05) is 5.73 Å². The predicted octanol–water partition coefficient (Wildman–Crippen LogP) is 2.21. The Labute approximate surface area is 73.0 Å². The summed E-state index contributed by atoms with van der Waals surface area (Å²) in [5, 5.41) is 9.61. The number of phenols is 1. The van der Waals surface area contributed by atoms with Crippen LogP contribution < -0.4 is 5.73 Å². The maximum absolute atomic E-state index is 9.61. The second kappa shape index (κ2) is 2.70. The third-order valence-electron chi connectivity index (χ3n) is 2.64. The Morgan fingerprint density at radius 3 is 1.83 bits per heavy atom. The Bertz CT molecular complexity index is 224. The highest BCUT2D eigenvalue weighted by molar-refractivity contribution is 5.64. The van der Waals surface area contributed by atoms with E-state index in [1.54, 1.807) is 0 Å². The van der Waals surface area contributed by atoms with Crippen molar-refractivity contribution in [2.24, 2.45) is 0 Å². The lowest BCUT2D eigenvalue weighted by Gasteiger charge is -2.13. The quantitative estimate of drug-likeness (QED) is 0.579. The Balaban J connectivity index is 3.60. The van der Waals surface area contributed by atoms with E-state index >= 15 is 0 Å². The molecule has 2 heteroatoms. The van der Waals surface area contributed by atoms with Crippen molar-refractivity contribution >= 4 is 5.69 Å². The van der Waals surface area contributed by atoms with Crippen LogP contribution in [-0.2, 0) is 0 Å². The van der Waals surface area contributed by atoms with Crippen molar-refractivity contribution in [1.29, 1.82) is 0 Å². The molecular weight excluding hydrogens is 150 g/mol. The Morgan fingerprint density at radius 2 is 1.33 bits per heavy atom. The molecule has 0 aliphatic rings. The fraction of sp³-hybridized carbons (Fsp3) is 0.400. The highest BCUT2D eigenvalue weighted by Crippen LogP contribution is 2.32. The number of phenolic OH excluding ortho intramolecular Hbond substituents is 1. The van der Waals surface area contributed by atoms with Crippen molar-refractivity contribution in [3.8, 4) is 5.75 Å². The average Bonchev–Trinajstić information content (AvgIpc) is 2.08. The smallest absolute Gasteiger partial charge is 0.123 e. The van der Waals surface area contributed by atoms with Gasteiger partial charge in [-0.3, -0.25) is 0 Å². The molecule has 0 aliphatic heterocycles. The summed E-state index contributed by atoms with van der Waals surface area (Å²) in [5.74, 6) is 0.329. The molecule has 0 amide bonds. The minimum absolute atomic E-state index is 0.329. The van der Waals surface area contributed by atoms with Crippen LogP contribution >= 0.6 is 0 Å². The van der Waals surface area contributed by atoms with Crippen LogP contribution in [0, 0.1) is 27.7 Å². The molecule has 1 aromatic rings. The predicted molar refractivity (Wildman–Crippen MR) is 51.5 cm³/mol. The molecule has 0 radical (unpaired) electrons. The van der Waals surface area contributed by atoms with Crippen LogP contribution in [0.5, 0.6) is 5.75 Å². The van der Waals surface area contributed by atoms with Gasteiger partial charge >= 0.3 is 0 Å². The lowest BCUT2D eigenvalue weighted by Crippen LogP contribution is -1.99. The Hall–Kier alpha value is -1.18. The molecule has 0 aliphatic carbocycles. The highest BCUT2D eigenvalue weighted by Gasteiger charge is 2.10. The van der Waals surface area contributed by atoms with Gasteiger partial charge in [-0.1, -0.05) is 0 Å². The minimum Gasteiger partial charge on any atom is -0.507 e. The van der Waals surface area contributed by atoms with Gasteiger partial charge in [-0.05, 0) is 44.4 Å². The summed E-state index contributed by atoms with van der Waals surface area (Å²) in [7, 11) is 0. The van der Waals surface area contributed by atoms with Gasteiger partial charge in [0.1, 0.15) is 5.75 Å². The van der Waals surface area contributed by atoms with E-state index in [9.17, 15) is 5.11 Å². The fourth-order valence-corrected chi connectivity index (χ4v) is 1.35. The van der Waals surface area contributed by atoms with Gasteiger partial charge in [0.2, 0.25) is 0 Å². The van der Waals surface area contributed by atoms with Crippen LogP contribution in [0.1, 0.15) is 22.3 Å². The van der Waals surface area contributed by atoms with E-state index in [1.165, 1.54) is 0 Å². The van der Waals surface area contributed by atoms with E-state index in [4.69, 9.17) is 5.73 Å². The Morgan fingerprint density at radius 1 is 0.833 bits per heavy atom. The summed E-state index contributed by atoms with van der Waals surface area (Å²) in [6.07, 6.45) is 0. The van der Waals surface area contributed by atoms with Gasteiger partial charge in [-0.25, -0.2) is 0 Å². The van der Waals surface area contributed by atoms with E-state index in [0.29, 0.717) is 11.4 Å². The molecule has 0 spiro atoms. The van der Waals surface area contributed by atoms with E-state index in [-0.39, 0.29) is 0 Å². The zero-order valence-electron chi connectivity index (χ0n) is 8.02. The SMILES string of the molecule is Cc1c(C)c(N)c(C)c(O)c1C. The van der Waals surface area contributed by atoms with Crippen LogP contribution in [0.2, 0.25) is 0 Å². The van der Waals surface area contributed by atoms with Crippen LogP contribution in [0.25, 0.3) is 0 Å². The molecule has 1 rings (SSSR count). The molecule has 0 atom stereocenters. The molecule has 0 heterocycles. The normalized spacial score (nSPS) is 10.3. The second-order valence-electron chi connectivity index (χ2n) is 3.26. The van der Waals surface area contributed by atoms with E-state index < -0.39 is 0 Å². The number of benzene rings is 1. The zero-order chi connectivity index (χ0) is 9.46. The number of aromatic hydroxyl groups is 1. The molecule has 2 nitrogen and oxygen atoms in total. The van der Waals surface area contributed by atoms with Gasteiger partial charge in [-0.2, -0.15) is 0 Å². The van der Waals surface area contributed by atoms with Gasteiger partial charge in [0, 0.05) is 11.3 Å². The van der Waals surface area contributed by atoms with Gasteiger partial charge in [0.25, 0.3) is 0 Å². The first-order valence-corrected chi connectivity index (χ1v) is 4.01. The van der Waals surface area contributed by atoms with Crippen LogP contribution in [0.4, 0.5) is 5.69 Å². The third-order valence-corrected chi connectivity index (χ3v) is 2.64. The monoisotopic (exact) mass is 165 g/mol. The summed E-state index contributed by atoms with van der Waals surface area (Å²) in [6.45, 7) is 7.69. The first kappa shape index (κ1) is 8.91. The number of hydrogen-bond acceptors (Lipinski definition) is 2. The van der Waals surface area contributed by atoms with Gasteiger partial charge in [-0.15, -0.1) is 0 Å². The maximum atomic E-state index is 9.61. The number of rotatable bonds is 0. The molecule has 1 aromatic carbocycles. The molecule has 66 valence electrons. The number of nitrogens with two attached hydrogens (primary N) is 1. The van der Waals surface area contributed by atoms with Crippen LogP contribution in [-0.4, -0.2) is 5.11 Å². The number of nitrogen functional groups attached to an aromatic ring is 1. The first-order chi connectivity index (χ1) is 5.46. The molecule has 3 N–H and O–H groups in total. The minimum atomic E-state index is 0.329. The molecule has 0 bridgehead atoms. The van der Waals surface area contributed by atoms with Crippen LogP contribution in [0.15, 0.2) is 0 Å². The number of hydrogen-bond donors (Lipinski definition) is 2. The summed E-state index contributed by atoms with van der Waals surface area (Å²) >= 11 is 0. The van der Waals surface area contributed by atoms with Crippen molar-refractivity contribution in [3.05, 3.63) is 22.3 Å². The molecule has 0 saturated carbocycles. The molecular formula is C10H15NO. The second-order valence-corrected chi connectivity index (χ2v) is 3.26. The standard InChI is InChI=1S/C10H15NO/c1-5-6(2)9(11)8(4)10(12)7(5)3/h12H,11H2,1-4H3.